The van der Waals surface area contributed by atoms with Crippen molar-refractivity contribution in [2.45, 2.75) is 32.6 Å². The number of nitrogens with zero attached hydrogens (tertiary/aromatic N) is 1. The number of hydrogen-bond donors (Lipinski definition) is 1. The first-order chi connectivity index (χ1) is 9.74. The van der Waals surface area contributed by atoms with Crippen molar-refractivity contribution >= 4 is 17.2 Å². The molecule has 0 bridgehead atoms. The summed E-state index contributed by atoms with van der Waals surface area (Å²) < 4.78 is 5.68. The van der Waals surface area contributed by atoms with Crippen molar-refractivity contribution < 1.29 is 14.6 Å². The van der Waals surface area contributed by atoms with Crippen molar-refractivity contribution in [3.8, 4) is 11.5 Å². The summed E-state index contributed by atoms with van der Waals surface area (Å²) in [5.74, 6) is 0.654. The maximum atomic E-state index is 10.7. The normalized spacial score (nSPS) is 10.7. The standard InChI is InChI=1S/C16H19NO3/c1-2-3-4-5-8-20-13-6-7-14-12(9-13)10-16(19)15(11-18)17-14/h6-7,9-11,19H,2-5,8H2,1H3. The Balaban J connectivity index is 2.07. The molecular formula is C16H19NO3. The third-order valence-corrected chi connectivity index (χ3v) is 3.17. The van der Waals surface area contributed by atoms with E-state index in [1.165, 1.54) is 25.3 Å². The Kier molecular flexibility index (Phi) is 4.93. The van der Waals surface area contributed by atoms with E-state index in [-0.39, 0.29) is 11.4 Å². The van der Waals surface area contributed by atoms with E-state index in [1.54, 1.807) is 6.07 Å². The van der Waals surface area contributed by atoms with Crippen LogP contribution in [0.25, 0.3) is 10.9 Å². The largest absolute Gasteiger partial charge is 0.506 e. The Hall–Kier alpha value is -2.10. The van der Waals surface area contributed by atoms with Gasteiger partial charge in [-0.2, -0.15) is 0 Å². The molecule has 1 N–H and O–H groups in total. The summed E-state index contributed by atoms with van der Waals surface area (Å²) in [6, 6.07) is 7.00. The van der Waals surface area contributed by atoms with Crippen LogP contribution in [0.3, 0.4) is 0 Å². The second kappa shape index (κ2) is 6.89. The number of ether oxygens (including phenoxy) is 1. The molecule has 0 atom stereocenters. The first-order valence-electron chi connectivity index (χ1n) is 6.96. The molecule has 20 heavy (non-hydrogen) atoms. The molecule has 1 aromatic heterocycles. The van der Waals surface area contributed by atoms with Gasteiger partial charge in [0, 0.05) is 5.39 Å². The van der Waals surface area contributed by atoms with Crippen LogP contribution in [0.1, 0.15) is 43.1 Å². The van der Waals surface area contributed by atoms with Crippen LogP contribution >= 0.6 is 0 Å². The Labute approximate surface area is 118 Å². The minimum Gasteiger partial charge on any atom is -0.506 e. The molecule has 2 rings (SSSR count). The van der Waals surface area contributed by atoms with Crippen molar-refractivity contribution in [1.82, 2.24) is 4.98 Å². The van der Waals surface area contributed by atoms with Crippen molar-refractivity contribution in [2.24, 2.45) is 0 Å². The van der Waals surface area contributed by atoms with E-state index in [9.17, 15) is 9.90 Å². The quantitative estimate of drug-likeness (QED) is 0.617. The zero-order valence-corrected chi connectivity index (χ0v) is 11.6. The lowest BCUT2D eigenvalue weighted by molar-refractivity contribution is 0.111. The number of rotatable bonds is 7. The zero-order valence-electron chi connectivity index (χ0n) is 11.6. The van der Waals surface area contributed by atoms with E-state index < -0.39 is 0 Å². The molecule has 4 nitrogen and oxygen atoms in total. The highest BCUT2D eigenvalue weighted by Crippen LogP contribution is 2.24. The Morgan fingerprint density at radius 2 is 2.10 bits per heavy atom. The fourth-order valence-corrected chi connectivity index (χ4v) is 2.05. The molecule has 2 aromatic rings. The fourth-order valence-electron chi connectivity index (χ4n) is 2.05. The molecule has 0 amide bonds. The second-order valence-corrected chi connectivity index (χ2v) is 4.77. The summed E-state index contributed by atoms with van der Waals surface area (Å²) in [6.07, 6.45) is 5.20. The van der Waals surface area contributed by atoms with Gasteiger partial charge in [-0.3, -0.25) is 4.79 Å². The monoisotopic (exact) mass is 273 g/mol. The Bertz CT molecular complexity index is 596. The lowest BCUT2D eigenvalue weighted by Gasteiger charge is -2.07. The zero-order chi connectivity index (χ0) is 14.4. The summed E-state index contributed by atoms with van der Waals surface area (Å²) in [7, 11) is 0. The van der Waals surface area contributed by atoms with E-state index in [4.69, 9.17) is 4.74 Å². The predicted octanol–water partition coefficient (Wildman–Crippen LogP) is 3.71. The Morgan fingerprint density at radius 3 is 2.85 bits per heavy atom. The van der Waals surface area contributed by atoms with Crippen LogP contribution in [0.15, 0.2) is 24.3 Å². The molecule has 4 heteroatoms. The maximum absolute atomic E-state index is 10.7. The van der Waals surface area contributed by atoms with Crippen LogP contribution < -0.4 is 4.74 Å². The van der Waals surface area contributed by atoms with Gasteiger partial charge in [0.1, 0.15) is 17.2 Å². The second-order valence-electron chi connectivity index (χ2n) is 4.77. The number of aromatic hydroxyl groups is 1. The van der Waals surface area contributed by atoms with Gasteiger partial charge < -0.3 is 9.84 Å². The Morgan fingerprint density at radius 1 is 1.25 bits per heavy atom. The van der Waals surface area contributed by atoms with E-state index in [0.717, 1.165) is 17.6 Å². The van der Waals surface area contributed by atoms with E-state index in [2.05, 4.69) is 11.9 Å². The third-order valence-electron chi connectivity index (χ3n) is 3.17. The number of unbranched alkanes of at least 4 members (excludes halogenated alkanes) is 3. The van der Waals surface area contributed by atoms with Gasteiger partial charge in [-0.25, -0.2) is 4.98 Å². The molecule has 1 aromatic carbocycles. The molecule has 0 spiro atoms. The lowest BCUT2D eigenvalue weighted by atomic mass is 10.2. The van der Waals surface area contributed by atoms with Crippen LogP contribution in [0.2, 0.25) is 0 Å². The summed E-state index contributed by atoms with van der Waals surface area (Å²) in [6.45, 7) is 2.87. The number of carbonyl (C=O) groups is 1. The molecule has 0 fully saturated rings. The molecule has 106 valence electrons. The van der Waals surface area contributed by atoms with Crippen molar-refractivity contribution in [3.63, 3.8) is 0 Å². The summed E-state index contributed by atoms with van der Waals surface area (Å²) in [5, 5.41) is 10.4. The number of hydrogen-bond acceptors (Lipinski definition) is 4. The smallest absolute Gasteiger partial charge is 0.172 e. The molecule has 0 radical (unpaired) electrons. The van der Waals surface area contributed by atoms with Gasteiger partial charge in [0.05, 0.1) is 12.1 Å². The molecule has 1 heterocycles. The SMILES string of the molecule is CCCCCCOc1ccc2nc(C=O)c(O)cc2c1. The van der Waals surface area contributed by atoms with E-state index in [1.807, 2.05) is 12.1 Å². The molecule has 0 aliphatic carbocycles. The molecule has 0 saturated heterocycles. The molecule has 0 aliphatic heterocycles. The molecule has 0 saturated carbocycles. The first-order valence-corrected chi connectivity index (χ1v) is 6.96. The minimum absolute atomic E-state index is 0.0609. The summed E-state index contributed by atoms with van der Waals surface area (Å²) in [4.78, 5) is 14.8. The van der Waals surface area contributed by atoms with Crippen LogP contribution in [0.4, 0.5) is 0 Å². The number of aldehydes is 1. The highest BCUT2D eigenvalue weighted by molar-refractivity contribution is 5.87. The summed E-state index contributed by atoms with van der Waals surface area (Å²) >= 11 is 0. The van der Waals surface area contributed by atoms with Gasteiger partial charge in [0.2, 0.25) is 0 Å². The van der Waals surface area contributed by atoms with Crippen LogP contribution in [0.5, 0.6) is 11.5 Å². The molecular weight excluding hydrogens is 254 g/mol. The topological polar surface area (TPSA) is 59.4 Å². The van der Waals surface area contributed by atoms with Gasteiger partial charge in [0.25, 0.3) is 0 Å². The predicted molar refractivity (Wildman–Crippen MR) is 78.4 cm³/mol. The highest BCUT2D eigenvalue weighted by Gasteiger charge is 2.06. The number of fused-ring (bicyclic) bond motifs is 1. The van der Waals surface area contributed by atoms with Gasteiger partial charge >= 0.3 is 0 Å². The van der Waals surface area contributed by atoms with E-state index >= 15 is 0 Å². The van der Waals surface area contributed by atoms with Crippen molar-refractivity contribution in [1.29, 1.82) is 0 Å². The number of benzene rings is 1. The van der Waals surface area contributed by atoms with Gasteiger partial charge in [0.15, 0.2) is 6.29 Å². The van der Waals surface area contributed by atoms with E-state index in [0.29, 0.717) is 18.4 Å². The third kappa shape index (κ3) is 3.47. The average molecular weight is 273 g/mol. The van der Waals surface area contributed by atoms with Gasteiger partial charge in [-0.1, -0.05) is 26.2 Å². The van der Waals surface area contributed by atoms with Gasteiger partial charge in [-0.05, 0) is 30.7 Å². The van der Waals surface area contributed by atoms with Crippen LogP contribution in [0, 0.1) is 0 Å². The maximum Gasteiger partial charge on any atom is 0.172 e. The number of pyridine rings is 1. The van der Waals surface area contributed by atoms with Crippen molar-refractivity contribution in [2.75, 3.05) is 6.61 Å². The number of aromatic nitrogens is 1. The fraction of sp³-hybridized carbons (Fsp3) is 0.375. The lowest BCUT2D eigenvalue weighted by Crippen LogP contribution is -1.97. The molecule has 0 aliphatic rings. The van der Waals surface area contributed by atoms with Crippen LogP contribution in [-0.2, 0) is 0 Å². The first kappa shape index (κ1) is 14.3. The average Bonchev–Trinajstić information content (AvgIpc) is 2.46. The van der Waals surface area contributed by atoms with Crippen molar-refractivity contribution in [3.05, 3.63) is 30.0 Å². The minimum atomic E-state index is -0.104. The van der Waals surface area contributed by atoms with Gasteiger partial charge in [-0.15, -0.1) is 0 Å². The highest BCUT2D eigenvalue weighted by atomic mass is 16.5. The summed E-state index contributed by atoms with van der Waals surface area (Å²) in [5.41, 5.74) is 0.731. The van der Waals surface area contributed by atoms with Crippen LogP contribution in [-0.4, -0.2) is 23.0 Å². The number of carbonyl (C=O) groups excluding carboxylic acids is 1. The molecule has 0 unspecified atom stereocenters.